The average Bonchev–Trinajstić information content (AvgIpc) is 4.14. The summed E-state index contributed by atoms with van der Waals surface area (Å²) in [5.74, 6) is 0. The van der Waals surface area contributed by atoms with Crippen molar-refractivity contribution < 1.29 is 4.42 Å². The third kappa shape index (κ3) is 6.29. The van der Waals surface area contributed by atoms with Gasteiger partial charge in [-0.05, 0) is 128 Å². The molecular formula is C68H42N2OS. The minimum atomic E-state index is 0.852. The van der Waals surface area contributed by atoms with Crippen LogP contribution in [-0.2, 0) is 0 Å². The van der Waals surface area contributed by atoms with Crippen LogP contribution in [0.1, 0.15) is 0 Å². The van der Waals surface area contributed by atoms with Crippen molar-refractivity contribution in [2.45, 2.75) is 0 Å². The van der Waals surface area contributed by atoms with E-state index in [-0.39, 0.29) is 0 Å². The Morgan fingerprint density at radius 2 is 0.944 bits per heavy atom. The Balaban J connectivity index is 0.917. The molecule has 0 amide bonds. The lowest BCUT2D eigenvalue weighted by molar-refractivity contribution is 0.670. The first-order chi connectivity index (χ1) is 35.7. The molecule has 336 valence electrons. The Hall–Kier alpha value is -9.22. The van der Waals surface area contributed by atoms with Crippen LogP contribution in [-0.4, -0.2) is 4.57 Å². The molecule has 0 fully saturated rings. The first kappa shape index (κ1) is 40.6. The fourth-order valence-corrected chi connectivity index (χ4v) is 12.8. The van der Waals surface area contributed by atoms with Gasteiger partial charge in [0, 0.05) is 59.0 Å². The van der Waals surface area contributed by atoms with Gasteiger partial charge in [0.1, 0.15) is 11.2 Å². The molecule has 0 aliphatic heterocycles. The standard InChI is InChI=1S/C68H42N2OS/c1-2-18-50-46(15-1)42-60(54-20-4-3-19-53(50)54)44-33-37-48(38-34-44)69(47-35-31-43(32-36-47)52-25-14-26-58-57-23-8-12-30-65(57)72-68(52)58)63-40-39-51(67-66(63)59-24-7-11-29-64(59)71-67)45-16-13-17-49(41-45)70-61-27-9-5-21-55(61)56-22-6-10-28-62(56)70/h1-42H. The molecule has 3 aromatic heterocycles. The molecule has 0 aliphatic rings. The fraction of sp³-hybridized carbons (Fsp3) is 0. The molecule has 12 aromatic carbocycles. The van der Waals surface area contributed by atoms with E-state index in [9.17, 15) is 0 Å². The minimum absolute atomic E-state index is 0.852. The topological polar surface area (TPSA) is 21.3 Å². The van der Waals surface area contributed by atoms with Crippen LogP contribution in [0.15, 0.2) is 259 Å². The van der Waals surface area contributed by atoms with Gasteiger partial charge in [-0.1, -0.05) is 176 Å². The summed E-state index contributed by atoms with van der Waals surface area (Å²) >= 11 is 1.87. The Bertz CT molecular complexity index is 4580. The summed E-state index contributed by atoms with van der Waals surface area (Å²) in [7, 11) is 0. The maximum Gasteiger partial charge on any atom is 0.145 e. The molecule has 0 spiro atoms. The van der Waals surface area contributed by atoms with Gasteiger partial charge in [-0.25, -0.2) is 0 Å². The van der Waals surface area contributed by atoms with Crippen LogP contribution in [0.2, 0.25) is 0 Å². The van der Waals surface area contributed by atoms with Crippen molar-refractivity contribution in [1.82, 2.24) is 4.57 Å². The lowest BCUT2D eigenvalue weighted by atomic mass is 9.93. The Kier molecular flexibility index (Phi) is 9.13. The molecule has 0 saturated carbocycles. The van der Waals surface area contributed by atoms with E-state index in [1.165, 1.54) is 85.8 Å². The van der Waals surface area contributed by atoms with Crippen molar-refractivity contribution in [2.24, 2.45) is 0 Å². The number of hydrogen-bond donors (Lipinski definition) is 0. The van der Waals surface area contributed by atoms with Crippen LogP contribution in [0.3, 0.4) is 0 Å². The van der Waals surface area contributed by atoms with Gasteiger partial charge in [-0.15, -0.1) is 11.3 Å². The normalized spacial score (nSPS) is 11.9. The van der Waals surface area contributed by atoms with Crippen LogP contribution in [0.5, 0.6) is 0 Å². The quantitative estimate of drug-likeness (QED) is 0.149. The first-order valence-electron chi connectivity index (χ1n) is 24.6. The zero-order valence-corrected chi connectivity index (χ0v) is 39.8. The molecule has 0 unspecified atom stereocenters. The zero-order valence-electron chi connectivity index (χ0n) is 39.0. The van der Waals surface area contributed by atoms with Crippen LogP contribution < -0.4 is 4.90 Å². The summed E-state index contributed by atoms with van der Waals surface area (Å²) in [6.45, 7) is 0. The Labute approximate surface area is 419 Å². The van der Waals surface area contributed by atoms with Crippen LogP contribution in [0.25, 0.3) is 125 Å². The summed E-state index contributed by atoms with van der Waals surface area (Å²) in [6, 6.07) is 92.8. The predicted molar refractivity (Wildman–Crippen MR) is 307 cm³/mol. The number of fused-ring (bicyclic) bond motifs is 12. The van der Waals surface area contributed by atoms with E-state index in [1.54, 1.807) is 0 Å². The van der Waals surface area contributed by atoms with Gasteiger partial charge >= 0.3 is 0 Å². The molecule has 0 aliphatic carbocycles. The predicted octanol–water partition coefficient (Wildman–Crippen LogP) is 19.8. The number of thiophene rings is 1. The molecule has 0 bridgehead atoms. The van der Waals surface area contributed by atoms with Crippen molar-refractivity contribution in [3.8, 4) is 39.1 Å². The number of hydrogen-bond acceptors (Lipinski definition) is 3. The molecule has 0 radical (unpaired) electrons. The smallest absolute Gasteiger partial charge is 0.145 e. The summed E-state index contributed by atoms with van der Waals surface area (Å²) < 4.78 is 12.0. The molecule has 3 nitrogen and oxygen atoms in total. The molecule has 4 heteroatoms. The third-order valence-corrected chi connectivity index (χ3v) is 16.0. The van der Waals surface area contributed by atoms with Gasteiger partial charge in [0.15, 0.2) is 0 Å². The van der Waals surface area contributed by atoms with E-state index in [0.29, 0.717) is 0 Å². The maximum atomic E-state index is 7.04. The SMILES string of the molecule is c1cc(-c2ccc(N(c3ccc(-c4cc5ccccc5c5ccccc45)cc3)c3ccc(-c4cccc5c4sc4ccccc45)cc3)c3c2oc2ccccc23)cc(-n2c3ccccc3c3ccccc32)c1. The lowest BCUT2D eigenvalue weighted by Crippen LogP contribution is -2.10. The van der Waals surface area contributed by atoms with E-state index in [1.807, 2.05) is 11.3 Å². The number of rotatable bonds is 7. The molecule has 72 heavy (non-hydrogen) atoms. The summed E-state index contributed by atoms with van der Waals surface area (Å²) in [4.78, 5) is 2.41. The number of para-hydroxylation sites is 3. The van der Waals surface area contributed by atoms with E-state index in [4.69, 9.17) is 4.42 Å². The van der Waals surface area contributed by atoms with Gasteiger partial charge in [0.05, 0.1) is 22.1 Å². The highest BCUT2D eigenvalue weighted by Crippen LogP contribution is 2.48. The van der Waals surface area contributed by atoms with Crippen LogP contribution >= 0.6 is 11.3 Å². The second-order valence-electron chi connectivity index (χ2n) is 18.8. The van der Waals surface area contributed by atoms with Gasteiger partial charge in [-0.3, -0.25) is 0 Å². The minimum Gasteiger partial charge on any atom is -0.455 e. The number of nitrogens with zero attached hydrogens (tertiary/aromatic N) is 2. The number of aromatic nitrogens is 1. The molecule has 3 heterocycles. The van der Waals surface area contributed by atoms with E-state index < -0.39 is 0 Å². The monoisotopic (exact) mass is 934 g/mol. The summed E-state index contributed by atoms with van der Waals surface area (Å²) in [5, 5.41) is 12.2. The first-order valence-corrected chi connectivity index (χ1v) is 25.4. The van der Waals surface area contributed by atoms with Crippen LogP contribution in [0.4, 0.5) is 17.1 Å². The van der Waals surface area contributed by atoms with Gasteiger partial charge in [0.2, 0.25) is 0 Å². The van der Waals surface area contributed by atoms with Gasteiger partial charge < -0.3 is 13.9 Å². The van der Waals surface area contributed by atoms with Crippen molar-refractivity contribution in [3.05, 3.63) is 255 Å². The molecule has 15 rings (SSSR count). The third-order valence-electron chi connectivity index (χ3n) is 14.8. The number of furan rings is 1. The summed E-state index contributed by atoms with van der Waals surface area (Å²) in [6.07, 6.45) is 0. The second-order valence-corrected chi connectivity index (χ2v) is 19.8. The molecule has 0 atom stereocenters. The van der Waals surface area contributed by atoms with Gasteiger partial charge in [0.25, 0.3) is 0 Å². The van der Waals surface area contributed by atoms with Crippen molar-refractivity contribution >= 4 is 114 Å². The maximum absolute atomic E-state index is 7.04. The second kappa shape index (κ2) is 16.2. The van der Waals surface area contributed by atoms with E-state index in [2.05, 4.69) is 264 Å². The van der Waals surface area contributed by atoms with Crippen LogP contribution in [0, 0.1) is 0 Å². The van der Waals surface area contributed by atoms with Crippen molar-refractivity contribution in [3.63, 3.8) is 0 Å². The highest BCUT2D eigenvalue weighted by atomic mass is 32.1. The lowest BCUT2D eigenvalue weighted by Gasteiger charge is -2.27. The largest absolute Gasteiger partial charge is 0.455 e. The average molecular weight is 935 g/mol. The van der Waals surface area contributed by atoms with Gasteiger partial charge in [-0.2, -0.15) is 0 Å². The Morgan fingerprint density at radius 1 is 0.361 bits per heavy atom. The Morgan fingerprint density at radius 3 is 1.69 bits per heavy atom. The molecular weight excluding hydrogens is 893 g/mol. The van der Waals surface area contributed by atoms with Crippen molar-refractivity contribution in [2.75, 3.05) is 4.90 Å². The molecule has 0 saturated heterocycles. The van der Waals surface area contributed by atoms with E-state index in [0.717, 1.165) is 55.8 Å². The van der Waals surface area contributed by atoms with Crippen molar-refractivity contribution in [1.29, 1.82) is 0 Å². The molecule has 15 aromatic rings. The number of benzene rings is 12. The summed E-state index contributed by atoms with van der Waals surface area (Å²) in [5.41, 5.74) is 15.3. The fourth-order valence-electron chi connectivity index (χ4n) is 11.5. The number of anilines is 3. The molecule has 0 N–H and O–H groups in total. The zero-order chi connectivity index (χ0) is 47.3. The highest BCUT2D eigenvalue weighted by Gasteiger charge is 2.24. The van der Waals surface area contributed by atoms with E-state index >= 15 is 0 Å². The highest BCUT2D eigenvalue weighted by molar-refractivity contribution is 7.26.